The van der Waals surface area contributed by atoms with Crippen LogP contribution in [0, 0.1) is 11.8 Å². The Morgan fingerprint density at radius 1 is 1.07 bits per heavy atom. The number of rotatable bonds is 8. The summed E-state index contributed by atoms with van der Waals surface area (Å²) in [4.78, 5) is 37.5. The van der Waals surface area contributed by atoms with Gasteiger partial charge in [-0.05, 0) is 37.2 Å². The lowest BCUT2D eigenvalue weighted by molar-refractivity contribution is -0.159. The highest BCUT2D eigenvalue weighted by molar-refractivity contribution is 5.88. The maximum atomic E-state index is 12.6. The maximum absolute atomic E-state index is 12.6. The fourth-order valence-electron chi connectivity index (χ4n) is 3.64. The molecule has 0 aromatic heterocycles. The van der Waals surface area contributed by atoms with Gasteiger partial charge in [0.15, 0.2) is 6.10 Å². The third kappa shape index (κ3) is 7.18. The van der Waals surface area contributed by atoms with Gasteiger partial charge in [0.2, 0.25) is 5.91 Å². The first kappa shape index (κ1) is 22.9. The number of hydrogen-bond acceptors (Lipinski definition) is 4. The van der Waals surface area contributed by atoms with E-state index in [4.69, 9.17) is 4.74 Å². The summed E-state index contributed by atoms with van der Waals surface area (Å²) in [5.74, 6) is -0.844. The smallest absolute Gasteiger partial charge is 0.329 e. The van der Waals surface area contributed by atoms with Crippen LogP contribution < -0.4 is 10.6 Å². The SMILES string of the molecule is CC(OC(=O)[C@@H](NC(=O)Cc1ccccc1)C(C)C)C(=O)NC1CCCCC1C. The molecule has 6 heteroatoms. The van der Waals surface area contributed by atoms with E-state index in [0.717, 1.165) is 24.8 Å². The molecule has 1 fully saturated rings. The Labute approximate surface area is 173 Å². The molecule has 160 valence electrons. The first-order valence-corrected chi connectivity index (χ1v) is 10.6. The summed E-state index contributed by atoms with van der Waals surface area (Å²) in [5.41, 5.74) is 0.871. The maximum Gasteiger partial charge on any atom is 0.329 e. The summed E-state index contributed by atoms with van der Waals surface area (Å²) in [6, 6.07) is 8.67. The van der Waals surface area contributed by atoms with E-state index in [9.17, 15) is 14.4 Å². The van der Waals surface area contributed by atoms with Gasteiger partial charge in [0, 0.05) is 6.04 Å². The minimum Gasteiger partial charge on any atom is -0.451 e. The van der Waals surface area contributed by atoms with Gasteiger partial charge in [-0.3, -0.25) is 9.59 Å². The molecule has 1 aromatic rings. The Hall–Kier alpha value is -2.37. The highest BCUT2D eigenvalue weighted by Gasteiger charge is 2.30. The molecule has 4 atom stereocenters. The molecule has 29 heavy (non-hydrogen) atoms. The average Bonchev–Trinajstić information content (AvgIpc) is 2.68. The normalized spacial score (nSPS) is 21.1. The molecule has 6 nitrogen and oxygen atoms in total. The first-order chi connectivity index (χ1) is 13.8. The van der Waals surface area contributed by atoms with Crippen LogP contribution >= 0.6 is 0 Å². The molecule has 2 amide bonds. The van der Waals surface area contributed by atoms with Crippen molar-refractivity contribution in [2.45, 2.75) is 78.0 Å². The molecule has 1 aliphatic carbocycles. The molecule has 1 saturated carbocycles. The zero-order chi connectivity index (χ0) is 21.4. The Morgan fingerprint density at radius 3 is 2.34 bits per heavy atom. The molecule has 0 heterocycles. The summed E-state index contributed by atoms with van der Waals surface area (Å²) in [6.45, 7) is 7.38. The lowest BCUT2D eigenvalue weighted by atomic mass is 9.86. The van der Waals surface area contributed by atoms with E-state index in [1.165, 1.54) is 6.42 Å². The van der Waals surface area contributed by atoms with Crippen molar-refractivity contribution in [1.82, 2.24) is 10.6 Å². The van der Waals surface area contributed by atoms with Crippen molar-refractivity contribution in [3.8, 4) is 0 Å². The molecule has 3 unspecified atom stereocenters. The van der Waals surface area contributed by atoms with Crippen LogP contribution in [-0.2, 0) is 25.5 Å². The van der Waals surface area contributed by atoms with Crippen molar-refractivity contribution >= 4 is 17.8 Å². The minimum absolute atomic E-state index is 0.129. The lowest BCUT2D eigenvalue weighted by Gasteiger charge is -2.30. The zero-order valence-corrected chi connectivity index (χ0v) is 17.9. The van der Waals surface area contributed by atoms with Crippen LogP contribution in [0.1, 0.15) is 58.9 Å². The number of ether oxygens (including phenoxy) is 1. The van der Waals surface area contributed by atoms with Gasteiger partial charge < -0.3 is 15.4 Å². The monoisotopic (exact) mass is 402 g/mol. The van der Waals surface area contributed by atoms with E-state index in [1.807, 2.05) is 44.2 Å². The van der Waals surface area contributed by atoms with Crippen LogP contribution in [0.25, 0.3) is 0 Å². The summed E-state index contributed by atoms with van der Waals surface area (Å²) >= 11 is 0. The number of esters is 1. The predicted molar refractivity (Wildman–Crippen MR) is 112 cm³/mol. The zero-order valence-electron chi connectivity index (χ0n) is 17.9. The van der Waals surface area contributed by atoms with Gasteiger partial charge in [-0.1, -0.05) is 63.9 Å². The van der Waals surface area contributed by atoms with Crippen molar-refractivity contribution in [1.29, 1.82) is 0 Å². The lowest BCUT2D eigenvalue weighted by Crippen LogP contribution is -2.50. The van der Waals surface area contributed by atoms with Crippen molar-refractivity contribution in [3.63, 3.8) is 0 Å². The third-order valence-corrected chi connectivity index (χ3v) is 5.55. The second-order valence-corrected chi connectivity index (χ2v) is 8.41. The van der Waals surface area contributed by atoms with Crippen LogP contribution in [0.3, 0.4) is 0 Å². The molecule has 0 spiro atoms. The molecule has 0 aliphatic heterocycles. The summed E-state index contributed by atoms with van der Waals surface area (Å²) < 4.78 is 5.40. The molecule has 2 rings (SSSR count). The van der Waals surface area contributed by atoms with Crippen LogP contribution in [0.2, 0.25) is 0 Å². The molecule has 0 radical (unpaired) electrons. The van der Waals surface area contributed by atoms with Gasteiger partial charge in [-0.25, -0.2) is 4.79 Å². The summed E-state index contributed by atoms with van der Waals surface area (Å²) in [5, 5.41) is 5.76. The van der Waals surface area contributed by atoms with Gasteiger partial charge >= 0.3 is 5.97 Å². The molecular weight excluding hydrogens is 368 g/mol. The van der Waals surface area contributed by atoms with Crippen LogP contribution in [0.15, 0.2) is 30.3 Å². The van der Waals surface area contributed by atoms with E-state index < -0.39 is 18.1 Å². The Morgan fingerprint density at radius 2 is 1.72 bits per heavy atom. The minimum atomic E-state index is -0.899. The van der Waals surface area contributed by atoms with E-state index in [0.29, 0.717) is 5.92 Å². The van der Waals surface area contributed by atoms with E-state index in [-0.39, 0.29) is 30.2 Å². The molecule has 2 N–H and O–H groups in total. The highest BCUT2D eigenvalue weighted by Crippen LogP contribution is 2.23. The standard InChI is InChI=1S/C23H34N2O4/c1-15(2)21(25-20(26)14-18-11-6-5-7-12-18)23(28)29-17(4)22(27)24-19-13-9-8-10-16(19)3/h5-7,11-12,15-17,19,21H,8-10,13-14H2,1-4H3,(H,24,27)(H,25,26)/t16?,17?,19?,21-/m0/s1. The number of carbonyl (C=O) groups is 3. The van der Waals surface area contributed by atoms with Crippen molar-refractivity contribution in [3.05, 3.63) is 35.9 Å². The Balaban J connectivity index is 1.88. The fourth-order valence-corrected chi connectivity index (χ4v) is 3.64. The number of hydrogen-bond donors (Lipinski definition) is 2. The molecule has 1 aromatic carbocycles. The Bertz CT molecular complexity index is 689. The molecular formula is C23H34N2O4. The first-order valence-electron chi connectivity index (χ1n) is 10.6. The van der Waals surface area contributed by atoms with Crippen LogP contribution in [0.4, 0.5) is 0 Å². The second kappa shape index (κ2) is 11.0. The van der Waals surface area contributed by atoms with Gasteiger partial charge in [0.1, 0.15) is 6.04 Å². The van der Waals surface area contributed by atoms with Gasteiger partial charge in [-0.15, -0.1) is 0 Å². The summed E-state index contributed by atoms with van der Waals surface area (Å²) in [7, 11) is 0. The quantitative estimate of drug-likeness (QED) is 0.655. The number of benzene rings is 1. The number of carbonyl (C=O) groups excluding carboxylic acids is 3. The fraction of sp³-hybridized carbons (Fsp3) is 0.609. The second-order valence-electron chi connectivity index (χ2n) is 8.41. The number of nitrogens with one attached hydrogen (secondary N) is 2. The van der Waals surface area contributed by atoms with Crippen LogP contribution in [-0.4, -0.2) is 36.0 Å². The Kier molecular flexibility index (Phi) is 8.68. The number of amides is 2. The van der Waals surface area contributed by atoms with E-state index in [1.54, 1.807) is 6.92 Å². The topological polar surface area (TPSA) is 84.5 Å². The predicted octanol–water partition coefficient (Wildman–Crippen LogP) is 3.00. The summed E-state index contributed by atoms with van der Waals surface area (Å²) in [6.07, 6.45) is 3.64. The van der Waals surface area contributed by atoms with E-state index in [2.05, 4.69) is 17.6 Å². The van der Waals surface area contributed by atoms with Crippen molar-refractivity contribution in [2.24, 2.45) is 11.8 Å². The third-order valence-electron chi connectivity index (χ3n) is 5.55. The average molecular weight is 403 g/mol. The molecule has 0 saturated heterocycles. The largest absolute Gasteiger partial charge is 0.451 e. The van der Waals surface area contributed by atoms with Gasteiger partial charge in [-0.2, -0.15) is 0 Å². The van der Waals surface area contributed by atoms with E-state index >= 15 is 0 Å². The van der Waals surface area contributed by atoms with Crippen molar-refractivity contribution in [2.75, 3.05) is 0 Å². The molecule has 0 bridgehead atoms. The van der Waals surface area contributed by atoms with Gasteiger partial charge in [0.25, 0.3) is 5.91 Å². The van der Waals surface area contributed by atoms with Crippen LogP contribution in [0.5, 0.6) is 0 Å². The van der Waals surface area contributed by atoms with Crippen molar-refractivity contribution < 1.29 is 19.1 Å². The van der Waals surface area contributed by atoms with Gasteiger partial charge in [0.05, 0.1) is 6.42 Å². The highest BCUT2D eigenvalue weighted by atomic mass is 16.5. The molecule has 1 aliphatic rings.